The molecule has 2 N–H and O–H groups in total. The number of hydrogen-bond donors (Lipinski definition) is 1. The van der Waals surface area contributed by atoms with Crippen molar-refractivity contribution in [2.75, 3.05) is 0 Å². The SMILES string of the molecule is CCCC1CCC(N)(Cc2ccc(F)cc2Cl)CC1. The summed E-state index contributed by atoms with van der Waals surface area (Å²) < 4.78 is 13.0. The number of benzene rings is 1. The Kier molecular flexibility index (Phi) is 4.86. The quantitative estimate of drug-likeness (QED) is 0.851. The monoisotopic (exact) mass is 283 g/mol. The van der Waals surface area contributed by atoms with E-state index < -0.39 is 0 Å². The van der Waals surface area contributed by atoms with Crippen molar-refractivity contribution >= 4 is 11.6 Å². The zero-order valence-electron chi connectivity index (χ0n) is 11.6. The molecule has 0 saturated heterocycles. The summed E-state index contributed by atoms with van der Waals surface area (Å²) >= 11 is 6.09. The molecule has 0 radical (unpaired) electrons. The molecule has 0 spiro atoms. The summed E-state index contributed by atoms with van der Waals surface area (Å²) in [7, 11) is 0. The van der Waals surface area contributed by atoms with E-state index in [-0.39, 0.29) is 11.4 Å². The van der Waals surface area contributed by atoms with Crippen LogP contribution in [0.15, 0.2) is 18.2 Å². The Hall–Kier alpha value is -0.600. The molecule has 0 amide bonds. The Balaban J connectivity index is 1.99. The molecule has 1 aliphatic carbocycles. The molecule has 1 saturated carbocycles. The molecule has 0 heterocycles. The molecule has 1 aromatic rings. The summed E-state index contributed by atoms with van der Waals surface area (Å²) in [6.07, 6.45) is 7.84. The van der Waals surface area contributed by atoms with Crippen LogP contribution in [-0.2, 0) is 6.42 Å². The Labute approximate surface area is 120 Å². The summed E-state index contributed by atoms with van der Waals surface area (Å²) in [5.74, 6) is 0.553. The Bertz CT molecular complexity index is 425. The van der Waals surface area contributed by atoms with E-state index in [0.29, 0.717) is 5.02 Å². The smallest absolute Gasteiger partial charge is 0.124 e. The van der Waals surface area contributed by atoms with Crippen LogP contribution in [0.1, 0.15) is 51.0 Å². The van der Waals surface area contributed by atoms with Crippen molar-refractivity contribution in [1.29, 1.82) is 0 Å². The Morgan fingerprint density at radius 3 is 2.63 bits per heavy atom. The van der Waals surface area contributed by atoms with Crippen LogP contribution < -0.4 is 5.73 Å². The predicted octanol–water partition coefficient (Wildman–Crippen LogP) is 4.71. The third-order valence-corrected chi connectivity index (χ3v) is 4.71. The first kappa shape index (κ1) is 14.8. The maximum atomic E-state index is 13.0. The van der Waals surface area contributed by atoms with Gasteiger partial charge in [0.1, 0.15) is 5.82 Å². The number of halogens is 2. The van der Waals surface area contributed by atoms with Gasteiger partial charge in [-0.2, -0.15) is 0 Å². The normalized spacial score (nSPS) is 27.5. The highest BCUT2D eigenvalue weighted by Gasteiger charge is 2.31. The fourth-order valence-corrected chi connectivity index (χ4v) is 3.40. The van der Waals surface area contributed by atoms with Crippen LogP contribution in [0, 0.1) is 11.7 Å². The zero-order chi connectivity index (χ0) is 13.9. The maximum absolute atomic E-state index is 13.0. The van der Waals surface area contributed by atoms with Crippen LogP contribution >= 0.6 is 11.6 Å². The van der Waals surface area contributed by atoms with Crippen molar-refractivity contribution in [2.24, 2.45) is 11.7 Å². The van der Waals surface area contributed by atoms with Crippen molar-refractivity contribution in [3.8, 4) is 0 Å². The fourth-order valence-electron chi connectivity index (χ4n) is 3.17. The first-order chi connectivity index (χ1) is 9.02. The van der Waals surface area contributed by atoms with Crippen LogP contribution in [0.5, 0.6) is 0 Å². The average molecular weight is 284 g/mol. The van der Waals surface area contributed by atoms with Crippen LogP contribution in [0.3, 0.4) is 0 Å². The molecule has 0 aromatic heterocycles. The van der Waals surface area contributed by atoms with E-state index in [1.165, 1.54) is 37.8 Å². The highest BCUT2D eigenvalue weighted by Crippen LogP contribution is 2.36. The van der Waals surface area contributed by atoms with Gasteiger partial charge in [0, 0.05) is 10.6 Å². The van der Waals surface area contributed by atoms with Crippen molar-refractivity contribution < 1.29 is 4.39 Å². The lowest BCUT2D eigenvalue weighted by Crippen LogP contribution is -2.45. The van der Waals surface area contributed by atoms with Gasteiger partial charge >= 0.3 is 0 Å². The molecule has 2 rings (SSSR count). The van der Waals surface area contributed by atoms with Crippen molar-refractivity contribution in [2.45, 2.75) is 57.4 Å². The number of rotatable bonds is 4. The summed E-state index contributed by atoms with van der Waals surface area (Å²) in [4.78, 5) is 0. The summed E-state index contributed by atoms with van der Waals surface area (Å²) in [6, 6.07) is 4.61. The molecular formula is C16H23ClFN. The van der Waals surface area contributed by atoms with E-state index in [9.17, 15) is 4.39 Å². The molecule has 1 fully saturated rings. The summed E-state index contributed by atoms with van der Waals surface area (Å²) in [6.45, 7) is 2.24. The molecule has 19 heavy (non-hydrogen) atoms. The highest BCUT2D eigenvalue weighted by molar-refractivity contribution is 6.31. The van der Waals surface area contributed by atoms with Crippen LogP contribution in [0.25, 0.3) is 0 Å². The van der Waals surface area contributed by atoms with Gasteiger partial charge in [-0.1, -0.05) is 37.4 Å². The first-order valence-corrected chi connectivity index (χ1v) is 7.63. The van der Waals surface area contributed by atoms with Gasteiger partial charge in [-0.15, -0.1) is 0 Å². The largest absolute Gasteiger partial charge is 0.325 e. The number of hydrogen-bond acceptors (Lipinski definition) is 1. The lowest BCUT2D eigenvalue weighted by Gasteiger charge is -2.37. The molecule has 1 nitrogen and oxygen atoms in total. The van der Waals surface area contributed by atoms with Crippen molar-refractivity contribution in [1.82, 2.24) is 0 Å². The van der Waals surface area contributed by atoms with Gasteiger partial charge in [-0.3, -0.25) is 0 Å². The van der Waals surface area contributed by atoms with Crippen LogP contribution in [0.2, 0.25) is 5.02 Å². The summed E-state index contributed by atoms with van der Waals surface area (Å²) in [5, 5.41) is 0.500. The van der Waals surface area contributed by atoms with Gasteiger partial charge < -0.3 is 5.73 Å². The van der Waals surface area contributed by atoms with Gasteiger partial charge in [-0.25, -0.2) is 4.39 Å². The lowest BCUT2D eigenvalue weighted by molar-refractivity contribution is 0.223. The van der Waals surface area contributed by atoms with Crippen molar-refractivity contribution in [3.63, 3.8) is 0 Å². The maximum Gasteiger partial charge on any atom is 0.124 e. The lowest BCUT2D eigenvalue weighted by atomic mass is 9.73. The fraction of sp³-hybridized carbons (Fsp3) is 0.625. The number of nitrogens with two attached hydrogens (primary N) is 1. The zero-order valence-corrected chi connectivity index (χ0v) is 12.3. The minimum atomic E-state index is -0.286. The van der Waals surface area contributed by atoms with E-state index in [1.807, 2.05) is 0 Å². The van der Waals surface area contributed by atoms with Gasteiger partial charge in [-0.05, 0) is 55.7 Å². The first-order valence-electron chi connectivity index (χ1n) is 7.25. The average Bonchev–Trinajstić information content (AvgIpc) is 2.36. The second-order valence-electron chi connectivity index (χ2n) is 6.01. The van der Waals surface area contributed by atoms with Gasteiger partial charge in [0.25, 0.3) is 0 Å². The molecular weight excluding hydrogens is 261 g/mol. The van der Waals surface area contributed by atoms with E-state index in [0.717, 1.165) is 30.7 Å². The summed E-state index contributed by atoms with van der Waals surface area (Å²) in [5.41, 5.74) is 7.31. The van der Waals surface area contributed by atoms with Crippen molar-refractivity contribution in [3.05, 3.63) is 34.6 Å². The Morgan fingerprint density at radius 2 is 2.05 bits per heavy atom. The molecule has 106 valence electrons. The molecule has 0 unspecified atom stereocenters. The Morgan fingerprint density at radius 1 is 1.37 bits per heavy atom. The molecule has 1 aromatic carbocycles. The van der Waals surface area contributed by atoms with Crippen LogP contribution in [0.4, 0.5) is 4.39 Å². The third kappa shape index (κ3) is 3.93. The standard InChI is InChI=1S/C16H23ClFN/c1-2-3-12-6-8-16(19,9-7-12)11-13-4-5-14(18)10-15(13)17/h4-5,10,12H,2-3,6-9,11,19H2,1H3. The topological polar surface area (TPSA) is 26.0 Å². The second-order valence-corrected chi connectivity index (χ2v) is 6.41. The van der Waals surface area contributed by atoms with E-state index >= 15 is 0 Å². The molecule has 1 aliphatic rings. The third-order valence-electron chi connectivity index (χ3n) is 4.36. The van der Waals surface area contributed by atoms with Gasteiger partial charge in [0.05, 0.1) is 0 Å². The molecule has 0 aliphatic heterocycles. The predicted molar refractivity (Wildman–Crippen MR) is 78.9 cm³/mol. The molecule has 3 heteroatoms. The minimum absolute atomic E-state index is 0.161. The highest BCUT2D eigenvalue weighted by atomic mass is 35.5. The van der Waals surface area contributed by atoms with Crippen LogP contribution in [-0.4, -0.2) is 5.54 Å². The second kappa shape index (κ2) is 6.23. The minimum Gasteiger partial charge on any atom is -0.325 e. The van der Waals surface area contributed by atoms with E-state index in [1.54, 1.807) is 6.07 Å². The molecule has 0 bridgehead atoms. The van der Waals surface area contributed by atoms with E-state index in [2.05, 4.69) is 6.92 Å². The van der Waals surface area contributed by atoms with E-state index in [4.69, 9.17) is 17.3 Å². The molecule has 0 atom stereocenters. The van der Waals surface area contributed by atoms with Gasteiger partial charge in [0.2, 0.25) is 0 Å². The van der Waals surface area contributed by atoms with Gasteiger partial charge in [0.15, 0.2) is 0 Å².